The minimum Gasteiger partial charge on any atom is -0.334 e. The number of halogens is 1. The second-order valence-corrected chi connectivity index (χ2v) is 7.84. The molecule has 1 aliphatic heterocycles. The van der Waals surface area contributed by atoms with Gasteiger partial charge in [-0.25, -0.2) is 13.2 Å². The van der Waals surface area contributed by atoms with Crippen LogP contribution in [0.5, 0.6) is 0 Å². The number of amides is 2. The SMILES string of the molecule is O=C(NCc1ccc2c(c1)CCS2(=O)=O)Nc1ccc(Cl)cc1. The predicted molar refractivity (Wildman–Crippen MR) is 89.5 cm³/mol. The Morgan fingerprint density at radius 3 is 2.61 bits per heavy atom. The van der Waals surface area contributed by atoms with Gasteiger partial charge < -0.3 is 10.6 Å². The van der Waals surface area contributed by atoms with Gasteiger partial charge in [-0.2, -0.15) is 0 Å². The Hall–Kier alpha value is -2.05. The van der Waals surface area contributed by atoms with Gasteiger partial charge in [0.25, 0.3) is 0 Å². The molecule has 0 atom stereocenters. The first-order valence-corrected chi connectivity index (χ1v) is 9.12. The van der Waals surface area contributed by atoms with Gasteiger partial charge in [0.15, 0.2) is 9.84 Å². The average molecular weight is 351 g/mol. The molecule has 7 heteroatoms. The number of aryl methyl sites for hydroxylation is 1. The molecular formula is C16H15ClN2O3S. The molecule has 2 aromatic rings. The van der Waals surface area contributed by atoms with E-state index in [-0.39, 0.29) is 11.8 Å². The van der Waals surface area contributed by atoms with Crippen molar-refractivity contribution in [1.82, 2.24) is 5.32 Å². The van der Waals surface area contributed by atoms with E-state index in [1.54, 1.807) is 36.4 Å². The zero-order chi connectivity index (χ0) is 16.4. The van der Waals surface area contributed by atoms with Crippen LogP contribution in [-0.4, -0.2) is 20.2 Å². The summed E-state index contributed by atoms with van der Waals surface area (Å²) in [4.78, 5) is 12.3. The number of sulfone groups is 1. The van der Waals surface area contributed by atoms with E-state index in [1.165, 1.54) is 0 Å². The van der Waals surface area contributed by atoms with E-state index in [0.717, 1.165) is 11.1 Å². The van der Waals surface area contributed by atoms with E-state index in [4.69, 9.17) is 11.6 Å². The van der Waals surface area contributed by atoms with Crippen molar-refractivity contribution in [3.8, 4) is 0 Å². The maximum absolute atomic E-state index is 11.9. The van der Waals surface area contributed by atoms with Gasteiger partial charge in [0, 0.05) is 17.3 Å². The highest BCUT2D eigenvalue weighted by molar-refractivity contribution is 7.91. The maximum Gasteiger partial charge on any atom is 0.319 e. The molecule has 1 heterocycles. The number of rotatable bonds is 3. The Balaban J connectivity index is 1.60. The Kier molecular flexibility index (Phi) is 4.28. The lowest BCUT2D eigenvalue weighted by atomic mass is 10.1. The Bertz CT molecular complexity index is 848. The summed E-state index contributed by atoms with van der Waals surface area (Å²) < 4.78 is 23.5. The monoisotopic (exact) mass is 350 g/mol. The zero-order valence-corrected chi connectivity index (χ0v) is 13.7. The van der Waals surface area contributed by atoms with Crippen molar-refractivity contribution in [2.75, 3.05) is 11.1 Å². The molecule has 2 aromatic carbocycles. The fourth-order valence-electron chi connectivity index (χ4n) is 2.49. The van der Waals surface area contributed by atoms with Crippen LogP contribution in [0.4, 0.5) is 10.5 Å². The van der Waals surface area contributed by atoms with E-state index < -0.39 is 9.84 Å². The van der Waals surface area contributed by atoms with E-state index >= 15 is 0 Å². The van der Waals surface area contributed by atoms with E-state index in [0.29, 0.717) is 28.6 Å². The lowest BCUT2D eigenvalue weighted by Crippen LogP contribution is -2.28. The minimum atomic E-state index is -3.11. The first-order valence-electron chi connectivity index (χ1n) is 7.09. The summed E-state index contributed by atoms with van der Waals surface area (Å²) in [6, 6.07) is 11.7. The number of nitrogens with one attached hydrogen (secondary N) is 2. The Morgan fingerprint density at radius 2 is 1.87 bits per heavy atom. The second-order valence-electron chi connectivity index (χ2n) is 5.33. The minimum absolute atomic E-state index is 0.163. The maximum atomic E-state index is 11.9. The quantitative estimate of drug-likeness (QED) is 0.893. The van der Waals surface area contributed by atoms with Crippen LogP contribution in [0.3, 0.4) is 0 Å². The van der Waals surface area contributed by atoms with Crippen LogP contribution >= 0.6 is 11.6 Å². The number of hydrogen-bond donors (Lipinski definition) is 2. The highest BCUT2D eigenvalue weighted by Gasteiger charge is 2.25. The van der Waals surface area contributed by atoms with Crippen molar-refractivity contribution in [1.29, 1.82) is 0 Å². The fraction of sp³-hybridized carbons (Fsp3) is 0.188. The zero-order valence-electron chi connectivity index (χ0n) is 12.2. The normalized spacial score (nSPS) is 15.0. The lowest BCUT2D eigenvalue weighted by Gasteiger charge is -2.09. The number of benzene rings is 2. The molecule has 0 aromatic heterocycles. The van der Waals surface area contributed by atoms with Crippen molar-refractivity contribution in [2.45, 2.75) is 17.9 Å². The third kappa shape index (κ3) is 3.65. The van der Waals surface area contributed by atoms with Crippen molar-refractivity contribution in [3.63, 3.8) is 0 Å². The van der Waals surface area contributed by atoms with Gasteiger partial charge >= 0.3 is 6.03 Å². The number of anilines is 1. The summed E-state index contributed by atoms with van der Waals surface area (Å²) in [6.45, 7) is 0.326. The molecule has 2 N–H and O–H groups in total. The van der Waals surface area contributed by atoms with Gasteiger partial charge in [-0.15, -0.1) is 0 Å². The summed E-state index contributed by atoms with van der Waals surface area (Å²) in [5, 5.41) is 6.04. The van der Waals surface area contributed by atoms with Gasteiger partial charge in [-0.3, -0.25) is 0 Å². The number of carbonyl (C=O) groups is 1. The van der Waals surface area contributed by atoms with Crippen LogP contribution < -0.4 is 10.6 Å². The Morgan fingerprint density at radius 1 is 1.13 bits per heavy atom. The van der Waals surface area contributed by atoms with Crippen LogP contribution in [0, 0.1) is 0 Å². The van der Waals surface area contributed by atoms with Gasteiger partial charge in [0.05, 0.1) is 10.6 Å². The Labute approximate surface area is 139 Å². The highest BCUT2D eigenvalue weighted by atomic mass is 35.5. The molecule has 0 radical (unpaired) electrons. The molecule has 120 valence electrons. The standard InChI is InChI=1S/C16H15ClN2O3S/c17-13-2-4-14(5-3-13)19-16(20)18-10-11-1-6-15-12(9-11)7-8-23(15,21)22/h1-6,9H,7-8,10H2,(H2,18,19,20). The molecule has 1 aliphatic rings. The van der Waals surface area contributed by atoms with Crippen LogP contribution in [0.15, 0.2) is 47.4 Å². The molecule has 0 spiro atoms. The molecular weight excluding hydrogens is 336 g/mol. The van der Waals surface area contributed by atoms with Crippen molar-refractivity contribution < 1.29 is 13.2 Å². The summed E-state index contributed by atoms with van der Waals surface area (Å²) in [7, 11) is -3.11. The largest absolute Gasteiger partial charge is 0.334 e. The number of carbonyl (C=O) groups excluding carboxylic acids is 1. The number of urea groups is 1. The molecule has 2 amide bonds. The summed E-state index contributed by atoms with van der Waals surface area (Å²) in [6.07, 6.45) is 0.530. The summed E-state index contributed by atoms with van der Waals surface area (Å²) >= 11 is 5.78. The number of fused-ring (bicyclic) bond motifs is 1. The van der Waals surface area contributed by atoms with E-state index in [2.05, 4.69) is 10.6 Å². The van der Waals surface area contributed by atoms with Gasteiger partial charge in [-0.1, -0.05) is 23.7 Å². The van der Waals surface area contributed by atoms with Gasteiger partial charge in [-0.05, 0) is 47.9 Å². The van der Waals surface area contributed by atoms with Crippen LogP contribution in [0.25, 0.3) is 0 Å². The molecule has 0 aliphatic carbocycles. The van der Waals surface area contributed by atoms with Crippen molar-refractivity contribution >= 4 is 33.2 Å². The summed E-state index contributed by atoms with van der Waals surface area (Å²) in [5.41, 5.74) is 2.33. The van der Waals surface area contributed by atoms with Crippen LogP contribution in [0.2, 0.25) is 5.02 Å². The first kappa shape index (κ1) is 15.8. The lowest BCUT2D eigenvalue weighted by molar-refractivity contribution is 0.251. The molecule has 3 rings (SSSR count). The van der Waals surface area contributed by atoms with Crippen LogP contribution in [-0.2, 0) is 22.8 Å². The molecule has 0 saturated heterocycles. The smallest absolute Gasteiger partial charge is 0.319 e. The highest BCUT2D eigenvalue weighted by Crippen LogP contribution is 2.26. The average Bonchev–Trinajstić information content (AvgIpc) is 2.83. The third-order valence-electron chi connectivity index (χ3n) is 3.66. The second kappa shape index (κ2) is 6.22. The first-order chi connectivity index (χ1) is 10.9. The third-order valence-corrected chi connectivity index (χ3v) is 5.72. The molecule has 0 unspecified atom stereocenters. The van der Waals surface area contributed by atoms with Crippen molar-refractivity contribution in [3.05, 3.63) is 58.6 Å². The molecule has 23 heavy (non-hydrogen) atoms. The fourth-order valence-corrected chi connectivity index (χ4v) is 4.16. The number of hydrogen-bond acceptors (Lipinski definition) is 3. The molecule has 0 bridgehead atoms. The van der Waals surface area contributed by atoms with Gasteiger partial charge in [0.1, 0.15) is 0 Å². The van der Waals surface area contributed by atoms with E-state index in [9.17, 15) is 13.2 Å². The van der Waals surface area contributed by atoms with Crippen molar-refractivity contribution in [2.24, 2.45) is 0 Å². The molecule has 5 nitrogen and oxygen atoms in total. The summed E-state index contributed by atoms with van der Waals surface area (Å²) in [5.74, 6) is 0.163. The predicted octanol–water partition coefficient (Wildman–Crippen LogP) is 2.99. The topological polar surface area (TPSA) is 75.3 Å². The van der Waals surface area contributed by atoms with Gasteiger partial charge in [0.2, 0.25) is 0 Å². The molecule has 0 fully saturated rings. The molecule has 0 saturated carbocycles. The van der Waals surface area contributed by atoms with E-state index in [1.807, 2.05) is 6.07 Å². The van der Waals surface area contributed by atoms with Crippen LogP contribution in [0.1, 0.15) is 11.1 Å².